The third-order valence-electron chi connectivity index (χ3n) is 4.54. The van der Waals surface area contributed by atoms with Crippen molar-refractivity contribution in [1.82, 2.24) is 14.6 Å². The molecule has 1 amide bonds. The van der Waals surface area contributed by atoms with Crippen LogP contribution in [-0.2, 0) is 25.7 Å². The van der Waals surface area contributed by atoms with E-state index in [1.807, 2.05) is 17.7 Å². The first-order valence-corrected chi connectivity index (χ1v) is 7.94. The van der Waals surface area contributed by atoms with Gasteiger partial charge in [-0.2, -0.15) is 0 Å². The summed E-state index contributed by atoms with van der Waals surface area (Å²) in [5, 5.41) is 1.40. The first kappa shape index (κ1) is 17.5. The number of imidazole rings is 1. The Hall–Kier alpha value is -1.89. The van der Waals surface area contributed by atoms with E-state index in [0.717, 1.165) is 31.6 Å². The van der Waals surface area contributed by atoms with Gasteiger partial charge in [0.1, 0.15) is 5.82 Å². The van der Waals surface area contributed by atoms with Crippen LogP contribution in [0.2, 0.25) is 0 Å². The molecule has 1 aromatic rings. The minimum atomic E-state index is -0.538. The zero-order chi connectivity index (χ0) is 16.9. The molecule has 7 nitrogen and oxygen atoms in total. The number of rotatable bonds is 8. The van der Waals surface area contributed by atoms with Gasteiger partial charge >= 0.3 is 5.97 Å². The maximum Gasteiger partial charge on any atom is 0.307 e. The number of aryl methyl sites for hydroxylation is 2. The van der Waals surface area contributed by atoms with E-state index in [1.165, 1.54) is 19.3 Å². The highest BCUT2D eigenvalue weighted by molar-refractivity contribution is 5.78. The highest BCUT2D eigenvalue weighted by Gasteiger charge is 2.47. The predicted molar refractivity (Wildman–Crippen MR) is 83.3 cm³/mol. The van der Waals surface area contributed by atoms with E-state index in [9.17, 15) is 9.59 Å². The summed E-state index contributed by atoms with van der Waals surface area (Å²) in [6.45, 7) is 2.67. The van der Waals surface area contributed by atoms with Crippen molar-refractivity contribution < 1.29 is 19.2 Å². The maximum atomic E-state index is 12.5. The molecule has 7 heteroatoms. The number of nitrogens with zero attached hydrogens (tertiary/aromatic N) is 3. The van der Waals surface area contributed by atoms with Crippen LogP contribution in [0.4, 0.5) is 0 Å². The van der Waals surface area contributed by atoms with Crippen molar-refractivity contribution in [1.29, 1.82) is 0 Å². The number of ether oxygens (including phenoxy) is 1. The molecule has 0 saturated heterocycles. The Bertz CT molecular complexity index is 551. The van der Waals surface area contributed by atoms with Crippen LogP contribution >= 0.6 is 0 Å². The van der Waals surface area contributed by atoms with E-state index in [4.69, 9.17) is 9.57 Å². The van der Waals surface area contributed by atoms with Gasteiger partial charge in [0, 0.05) is 25.4 Å². The molecule has 0 spiro atoms. The summed E-state index contributed by atoms with van der Waals surface area (Å²) in [6.07, 6.45) is 7.42. The molecule has 1 aliphatic rings. The first-order valence-electron chi connectivity index (χ1n) is 7.94. The molecular formula is C16H25N3O4. The number of aromatic nitrogens is 2. The van der Waals surface area contributed by atoms with E-state index in [0.29, 0.717) is 12.8 Å². The molecule has 0 aromatic carbocycles. The van der Waals surface area contributed by atoms with Gasteiger partial charge < -0.3 is 9.30 Å². The molecule has 1 aromatic heterocycles. The molecule has 1 saturated carbocycles. The molecule has 0 N–H and O–H groups in total. The minimum absolute atomic E-state index is 0.0890. The number of amides is 1. The Morgan fingerprint density at radius 3 is 2.61 bits per heavy atom. The van der Waals surface area contributed by atoms with Crippen LogP contribution < -0.4 is 0 Å². The second-order valence-electron chi connectivity index (χ2n) is 5.97. The number of methoxy groups -OCH3 is 1. The fraction of sp³-hybridized carbons (Fsp3) is 0.688. The monoisotopic (exact) mass is 323 g/mol. The molecule has 1 aliphatic carbocycles. The standard InChI is InChI=1S/C16H25N3O4/c1-13-17-9-11-18(13)10-4-6-14(20)19(23-3)16(7-5-8-16)12-15(21)22-2/h9,11H,4-8,10,12H2,1-3H3. The Balaban J connectivity index is 1.92. The Morgan fingerprint density at radius 1 is 1.39 bits per heavy atom. The van der Waals surface area contributed by atoms with Crippen LogP contribution in [0.5, 0.6) is 0 Å². The molecule has 0 aliphatic heterocycles. The fourth-order valence-electron chi connectivity index (χ4n) is 3.08. The van der Waals surface area contributed by atoms with Gasteiger partial charge in [-0.15, -0.1) is 0 Å². The van der Waals surface area contributed by atoms with Crippen molar-refractivity contribution in [2.24, 2.45) is 0 Å². The van der Waals surface area contributed by atoms with Crippen molar-refractivity contribution in [3.8, 4) is 0 Å². The van der Waals surface area contributed by atoms with Crippen LogP contribution in [0.3, 0.4) is 0 Å². The molecule has 128 valence electrons. The van der Waals surface area contributed by atoms with Gasteiger partial charge in [0.15, 0.2) is 0 Å². The molecular weight excluding hydrogens is 298 g/mol. The summed E-state index contributed by atoms with van der Waals surface area (Å²) >= 11 is 0. The van der Waals surface area contributed by atoms with Crippen LogP contribution in [-0.4, -0.2) is 46.2 Å². The molecule has 0 atom stereocenters. The first-order chi connectivity index (χ1) is 11.0. The van der Waals surface area contributed by atoms with Crippen LogP contribution in [0.25, 0.3) is 0 Å². The summed E-state index contributed by atoms with van der Waals surface area (Å²) in [5.41, 5.74) is -0.538. The maximum absolute atomic E-state index is 12.5. The lowest BCUT2D eigenvalue weighted by Crippen LogP contribution is -2.56. The zero-order valence-corrected chi connectivity index (χ0v) is 14.1. The number of hydrogen-bond acceptors (Lipinski definition) is 5. The Morgan fingerprint density at radius 2 is 2.13 bits per heavy atom. The van der Waals surface area contributed by atoms with Crippen molar-refractivity contribution in [3.63, 3.8) is 0 Å². The van der Waals surface area contributed by atoms with Gasteiger partial charge in [-0.05, 0) is 32.6 Å². The molecule has 1 heterocycles. The number of hydroxylamine groups is 2. The number of carbonyl (C=O) groups is 2. The van der Waals surface area contributed by atoms with E-state index < -0.39 is 5.54 Å². The summed E-state index contributed by atoms with van der Waals surface area (Å²) in [4.78, 5) is 33.7. The van der Waals surface area contributed by atoms with E-state index in [2.05, 4.69) is 4.98 Å². The molecule has 0 unspecified atom stereocenters. The Labute approximate surface area is 136 Å². The fourth-order valence-corrected chi connectivity index (χ4v) is 3.08. The topological polar surface area (TPSA) is 73.7 Å². The zero-order valence-electron chi connectivity index (χ0n) is 14.1. The van der Waals surface area contributed by atoms with Crippen molar-refractivity contribution >= 4 is 11.9 Å². The summed E-state index contributed by atoms with van der Waals surface area (Å²) in [7, 11) is 2.84. The number of carbonyl (C=O) groups excluding carboxylic acids is 2. The van der Waals surface area contributed by atoms with E-state index in [-0.39, 0.29) is 18.3 Å². The van der Waals surface area contributed by atoms with Crippen LogP contribution in [0.1, 0.15) is 44.3 Å². The summed E-state index contributed by atoms with van der Waals surface area (Å²) < 4.78 is 6.77. The average molecular weight is 323 g/mol. The van der Waals surface area contributed by atoms with Crippen LogP contribution in [0, 0.1) is 6.92 Å². The quantitative estimate of drug-likeness (QED) is 0.539. The lowest BCUT2D eigenvalue weighted by Gasteiger charge is -2.47. The van der Waals surface area contributed by atoms with Gasteiger partial charge in [-0.3, -0.25) is 14.4 Å². The van der Waals surface area contributed by atoms with E-state index >= 15 is 0 Å². The lowest BCUT2D eigenvalue weighted by molar-refractivity contribution is -0.227. The predicted octanol–water partition coefficient (Wildman–Crippen LogP) is 1.85. The van der Waals surface area contributed by atoms with Gasteiger partial charge in [-0.1, -0.05) is 0 Å². The Kier molecular flexibility index (Phi) is 5.76. The normalized spacial score (nSPS) is 15.8. The number of hydrogen-bond donors (Lipinski definition) is 0. The largest absolute Gasteiger partial charge is 0.469 e. The molecule has 1 fully saturated rings. The minimum Gasteiger partial charge on any atom is -0.469 e. The van der Waals surface area contributed by atoms with Gasteiger partial charge in [0.25, 0.3) is 0 Å². The molecule has 2 rings (SSSR count). The molecule has 0 radical (unpaired) electrons. The highest BCUT2D eigenvalue weighted by atomic mass is 16.7. The van der Waals surface area contributed by atoms with E-state index in [1.54, 1.807) is 6.20 Å². The lowest BCUT2D eigenvalue weighted by atomic mass is 9.74. The third-order valence-corrected chi connectivity index (χ3v) is 4.54. The smallest absolute Gasteiger partial charge is 0.307 e. The van der Waals surface area contributed by atoms with Gasteiger partial charge in [0.05, 0.1) is 26.2 Å². The van der Waals surface area contributed by atoms with Crippen molar-refractivity contribution in [2.45, 2.75) is 57.5 Å². The average Bonchev–Trinajstić information content (AvgIpc) is 2.90. The van der Waals surface area contributed by atoms with Gasteiger partial charge in [-0.25, -0.2) is 10.0 Å². The third kappa shape index (κ3) is 3.90. The summed E-state index contributed by atoms with van der Waals surface area (Å²) in [5.74, 6) is 0.532. The molecule has 23 heavy (non-hydrogen) atoms. The highest BCUT2D eigenvalue weighted by Crippen LogP contribution is 2.41. The van der Waals surface area contributed by atoms with Crippen molar-refractivity contribution in [2.75, 3.05) is 14.2 Å². The number of esters is 1. The van der Waals surface area contributed by atoms with Gasteiger partial charge in [0.2, 0.25) is 5.91 Å². The second kappa shape index (κ2) is 7.59. The van der Waals surface area contributed by atoms with Crippen LogP contribution in [0.15, 0.2) is 12.4 Å². The SMILES string of the molecule is COC(=O)CC1(N(OC)C(=O)CCCn2ccnc2C)CCC1. The second-order valence-corrected chi connectivity index (χ2v) is 5.97. The summed E-state index contributed by atoms with van der Waals surface area (Å²) in [6, 6.07) is 0. The molecule has 0 bridgehead atoms. The van der Waals surface area contributed by atoms with Crippen molar-refractivity contribution in [3.05, 3.63) is 18.2 Å².